The summed E-state index contributed by atoms with van der Waals surface area (Å²) < 4.78 is 16.2. The quantitative estimate of drug-likeness (QED) is 0.411. The molecule has 1 aliphatic heterocycles. The number of rotatable bonds is 2. The number of ketones is 1. The number of hydrogen-bond acceptors (Lipinski definition) is 5. The molecule has 0 radical (unpaired) electrons. The SMILES string of the molecule is COC1(OC)C(=O)C2C=C(C)C1C1OC(=O)CC21. The van der Waals surface area contributed by atoms with Crippen LogP contribution in [0.2, 0.25) is 0 Å². The molecule has 2 bridgehead atoms. The lowest BCUT2D eigenvalue weighted by molar-refractivity contribution is -0.256. The molecule has 4 atom stereocenters. The summed E-state index contributed by atoms with van der Waals surface area (Å²) in [5.41, 5.74) is 0.999. The van der Waals surface area contributed by atoms with Crippen LogP contribution in [0.3, 0.4) is 0 Å². The maximum absolute atomic E-state index is 12.5. The van der Waals surface area contributed by atoms with E-state index in [2.05, 4.69) is 0 Å². The molecule has 0 aromatic rings. The predicted octanol–water partition coefficient (Wildman–Crippen LogP) is 0.682. The third kappa shape index (κ3) is 1.18. The summed E-state index contributed by atoms with van der Waals surface area (Å²) in [6, 6.07) is 0. The molecule has 0 aromatic heterocycles. The number of Topliss-reactive ketones (excluding diaryl/α,β-unsaturated/α-hetero) is 1. The molecular weight excluding hydrogens is 236 g/mol. The Morgan fingerprint density at radius 3 is 2.61 bits per heavy atom. The zero-order chi connectivity index (χ0) is 13.1. The van der Waals surface area contributed by atoms with Crippen molar-refractivity contribution in [1.29, 1.82) is 0 Å². The fourth-order valence-corrected chi connectivity index (χ4v) is 3.72. The lowest BCUT2D eigenvalue weighted by atomic mass is 9.60. The van der Waals surface area contributed by atoms with Crippen molar-refractivity contribution in [2.45, 2.75) is 25.2 Å². The highest BCUT2D eigenvalue weighted by molar-refractivity contribution is 5.94. The van der Waals surface area contributed by atoms with Gasteiger partial charge in [-0.15, -0.1) is 0 Å². The van der Waals surface area contributed by atoms with Crippen LogP contribution in [-0.2, 0) is 23.8 Å². The maximum atomic E-state index is 12.5. The van der Waals surface area contributed by atoms with Gasteiger partial charge in [0.1, 0.15) is 6.10 Å². The Morgan fingerprint density at radius 1 is 1.33 bits per heavy atom. The normalized spacial score (nSPS) is 40.5. The Bertz CT molecular complexity index is 448. The van der Waals surface area contributed by atoms with Crippen LogP contribution in [0.25, 0.3) is 0 Å². The number of carbonyl (C=O) groups is 2. The minimum Gasteiger partial charge on any atom is -0.461 e. The third-order valence-electron chi connectivity index (χ3n) is 4.48. The van der Waals surface area contributed by atoms with Crippen LogP contribution >= 0.6 is 0 Å². The highest BCUT2D eigenvalue weighted by Gasteiger charge is 2.66. The molecule has 0 spiro atoms. The molecular formula is C13H16O5. The lowest BCUT2D eigenvalue weighted by Gasteiger charge is -2.51. The molecule has 4 rings (SSSR count). The Hall–Kier alpha value is -1.20. The van der Waals surface area contributed by atoms with Gasteiger partial charge in [-0.3, -0.25) is 9.59 Å². The van der Waals surface area contributed by atoms with Crippen LogP contribution in [0.1, 0.15) is 13.3 Å². The van der Waals surface area contributed by atoms with Crippen molar-refractivity contribution >= 4 is 11.8 Å². The van der Waals surface area contributed by atoms with E-state index in [0.29, 0.717) is 6.42 Å². The van der Waals surface area contributed by atoms with E-state index in [4.69, 9.17) is 14.2 Å². The topological polar surface area (TPSA) is 61.8 Å². The summed E-state index contributed by atoms with van der Waals surface area (Å²) in [6.07, 6.45) is 1.95. The average Bonchev–Trinajstić information content (AvgIpc) is 2.73. The van der Waals surface area contributed by atoms with Crippen LogP contribution in [-0.4, -0.2) is 37.9 Å². The molecule has 18 heavy (non-hydrogen) atoms. The molecule has 0 N–H and O–H groups in total. The van der Waals surface area contributed by atoms with E-state index in [-0.39, 0.29) is 35.6 Å². The average molecular weight is 252 g/mol. The van der Waals surface area contributed by atoms with Crippen molar-refractivity contribution in [2.75, 3.05) is 14.2 Å². The second-order valence-electron chi connectivity index (χ2n) is 5.18. The molecule has 0 amide bonds. The Labute approximate surface area is 105 Å². The first-order valence-corrected chi connectivity index (χ1v) is 6.07. The van der Waals surface area contributed by atoms with Crippen LogP contribution in [0.15, 0.2) is 11.6 Å². The predicted molar refractivity (Wildman–Crippen MR) is 60.5 cm³/mol. The van der Waals surface area contributed by atoms with Gasteiger partial charge >= 0.3 is 5.97 Å². The second kappa shape index (κ2) is 3.65. The van der Waals surface area contributed by atoms with Gasteiger partial charge < -0.3 is 14.2 Å². The van der Waals surface area contributed by atoms with Gasteiger partial charge in [-0.05, 0) is 6.92 Å². The lowest BCUT2D eigenvalue weighted by Crippen LogP contribution is -2.65. The highest BCUT2D eigenvalue weighted by atomic mass is 16.7. The Kier molecular flexibility index (Phi) is 2.40. The number of carbonyl (C=O) groups excluding carboxylic acids is 2. The van der Waals surface area contributed by atoms with E-state index < -0.39 is 5.79 Å². The molecule has 3 aliphatic carbocycles. The summed E-state index contributed by atoms with van der Waals surface area (Å²) in [4.78, 5) is 24.0. The van der Waals surface area contributed by atoms with Crippen molar-refractivity contribution in [3.63, 3.8) is 0 Å². The van der Waals surface area contributed by atoms with Crippen molar-refractivity contribution in [3.8, 4) is 0 Å². The molecule has 5 heteroatoms. The Balaban J connectivity index is 2.12. The van der Waals surface area contributed by atoms with E-state index in [0.717, 1.165) is 5.57 Å². The minimum atomic E-state index is -1.30. The van der Waals surface area contributed by atoms with Crippen LogP contribution in [0, 0.1) is 17.8 Å². The summed E-state index contributed by atoms with van der Waals surface area (Å²) in [5.74, 6) is -2.36. The van der Waals surface area contributed by atoms with Gasteiger partial charge in [-0.2, -0.15) is 0 Å². The number of esters is 1. The van der Waals surface area contributed by atoms with Gasteiger partial charge in [-0.1, -0.05) is 11.6 Å². The number of methoxy groups -OCH3 is 2. The van der Waals surface area contributed by atoms with E-state index in [1.807, 2.05) is 13.0 Å². The molecule has 1 heterocycles. The van der Waals surface area contributed by atoms with E-state index >= 15 is 0 Å². The summed E-state index contributed by atoms with van der Waals surface area (Å²) in [7, 11) is 2.92. The van der Waals surface area contributed by atoms with Gasteiger partial charge in [0.2, 0.25) is 5.79 Å². The fourth-order valence-electron chi connectivity index (χ4n) is 3.72. The Morgan fingerprint density at radius 2 is 2.00 bits per heavy atom. The van der Waals surface area contributed by atoms with Gasteiger partial charge in [0.25, 0.3) is 0 Å². The molecule has 98 valence electrons. The van der Waals surface area contributed by atoms with Crippen LogP contribution < -0.4 is 0 Å². The number of ether oxygens (including phenoxy) is 3. The highest BCUT2D eigenvalue weighted by Crippen LogP contribution is 2.53. The van der Waals surface area contributed by atoms with E-state index in [1.165, 1.54) is 14.2 Å². The molecule has 4 aliphatic rings. The molecule has 0 aromatic carbocycles. The summed E-state index contributed by atoms with van der Waals surface area (Å²) in [6.45, 7) is 1.93. The smallest absolute Gasteiger partial charge is 0.306 e. The molecule has 1 saturated heterocycles. The maximum Gasteiger partial charge on any atom is 0.306 e. The van der Waals surface area contributed by atoms with Crippen LogP contribution in [0.4, 0.5) is 0 Å². The van der Waals surface area contributed by atoms with E-state index in [9.17, 15) is 9.59 Å². The second-order valence-corrected chi connectivity index (χ2v) is 5.18. The zero-order valence-electron chi connectivity index (χ0n) is 10.6. The summed E-state index contributed by atoms with van der Waals surface area (Å²) >= 11 is 0. The standard InChI is InChI=1S/C13H16O5/c1-6-4-8-7-5-9(14)18-11(7)10(6)13(16-2,17-3)12(8)15/h4,7-8,10-11H,5H2,1-3H3. The number of allylic oxidation sites excluding steroid dienone is 1. The minimum absolute atomic E-state index is 0.0582. The largest absolute Gasteiger partial charge is 0.461 e. The fraction of sp³-hybridized carbons (Fsp3) is 0.692. The third-order valence-corrected chi connectivity index (χ3v) is 4.48. The van der Waals surface area contributed by atoms with Crippen molar-refractivity contribution in [2.24, 2.45) is 17.8 Å². The van der Waals surface area contributed by atoms with Gasteiger partial charge in [-0.25, -0.2) is 0 Å². The van der Waals surface area contributed by atoms with E-state index in [1.54, 1.807) is 0 Å². The first kappa shape index (κ1) is 11.9. The molecule has 2 fully saturated rings. The van der Waals surface area contributed by atoms with Crippen LogP contribution in [0.5, 0.6) is 0 Å². The molecule has 5 nitrogen and oxygen atoms in total. The number of hydrogen-bond donors (Lipinski definition) is 0. The van der Waals surface area contributed by atoms with Gasteiger partial charge in [0.05, 0.1) is 12.3 Å². The van der Waals surface area contributed by atoms with Crippen molar-refractivity contribution in [3.05, 3.63) is 11.6 Å². The summed E-state index contributed by atoms with van der Waals surface area (Å²) in [5, 5.41) is 0. The van der Waals surface area contributed by atoms with Crippen molar-refractivity contribution < 1.29 is 23.8 Å². The first-order valence-electron chi connectivity index (χ1n) is 6.07. The zero-order valence-corrected chi connectivity index (χ0v) is 10.6. The van der Waals surface area contributed by atoms with Gasteiger partial charge in [0.15, 0.2) is 5.78 Å². The molecule has 1 saturated carbocycles. The monoisotopic (exact) mass is 252 g/mol. The van der Waals surface area contributed by atoms with Gasteiger partial charge in [0, 0.05) is 26.1 Å². The number of fused-ring (bicyclic) bond motifs is 1. The molecule has 4 unspecified atom stereocenters. The van der Waals surface area contributed by atoms with Crippen molar-refractivity contribution in [1.82, 2.24) is 0 Å². The first-order chi connectivity index (χ1) is 8.55.